The fourth-order valence-electron chi connectivity index (χ4n) is 10.7. The second-order valence-corrected chi connectivity index (χ2v) is 24.5. The van der Waals surface area contributed by atoms with Gasteiger partial charge < -0.3 is 14.2 Å². The number of rotatable bonds is 67. The lowest BCUT2D eigenvalue weighted by molar-refractivity contribution is -0.167. The van der Waals surface area contributed by atoms with E-state index in [1.54, 1.807) is 0 Å². The molecule has 0 saturated heterocycles. The van der Waals surface area contributed by atoms with Gasteiger partial charge in [-0.25, -0.2) is 0 Å². The summed E-state index contributed by atoms with van der Waals surface area (Å²) >= 11 is 0. The van der Waals surface area contributed by atoms with Crippen LogP contribution in [-0.4, -0.2) is 37.2 Å². The van der Waals surface area contributed by atoms with Crippen LogP contribution in [0.3, 0.4) is 0 Å². The summed E-state index contributed by atoms with van der Waals surface area (Å²) in [6, 6.07) is 0. The fourth-order valence-corrected chi connectivity index (χ4v) is 10.7. The van der Waals surface area contributed by atoms with E-state index in [4.69, 9.17) is 14.2 Å². The third kappa shape index (κ3) is 69.5. The largest absolute Gasteiger partial charge is 0.462 e. The van der Waals surface area contributed by atoms with Gasteiger partial charge in [-0.15, -0.1) is 0 Å². The van der Waals surface area contributed by atoms with E-state index in [2.05, 4.69) is 93.7 Å². The first kappa shape index (κ1) is 79.8. The maximum Gasteiger partial charge on any atom is 0.306 e. The molecule has 0 rings (SSSR count). The highest BCUT2D eigenvalue weighted by Crippen LogP contribution is 2.18. The number of hydrogen-bond donors (Lipinski definition) is 0. The highest BCUT2D eigenvalue weighted by atomic mass is 16.6. The van der Waals surface area contributed by atoms with Crippen molar-refractivity contribution in [3.05, 3.63) is 72.9 Å². The molecule has 0 saturated carbocycles. The zero-order valence-electron chi connectivity index (χ0n) is 55.5. The van der Waals surface area contributed by atoms with Crippen LogP contribution < -0.4 is 0 Å². The Hall–Kier alpha value is -3.15. The molecule has 0 N–H and O–H groups in total. The molecule has 0 amide bonds. The van der Waals surface area contributed by atoms with Crippen LogP contribution in [0, 0.1) is 0 Å². The Bertz CT molecular complexity index is 1520. The van der Waals surface area contributed by atoms with E-state index >= 15 is 0 Å². The van der Waals surface area contributed by atoms with Crippen LogP contribution in [0.15, 0.2) is 72.9 Å². The second-order valence-electron chi connectivity index (χ2n) is 24.5. The Morgan fingerprint density at radius 3 is 0.783 bits per heavy atom. The first-order chi connectivity index (χ1) is 41.0. The predicted octanol–water partition coefficient (Wildman–Crippen LogP) is 25.2. The summed E-state index contributed by atoms with van der Waals surface area (Å²) in [5.74, 6) is -0.871. The summed E-state index contributed by atoms with van der Waals surface area (Å²) in [7, 11) is 0. The SMILES string of the molecule is CC/C=C\C/C=C\C/C=C\C/C=C\CCCCCCCCCCCCC(=O)OC(COC(=O)CCCCCCC/C=C\CCCC)COC(=O)CCCCCCCCCCCCCCCCCCCCC/C=C\CCCCCCCCCC. The zero-order valence-corrected chi connectivity index (χ0v) is 55.5. The van der Waals surface area contributed by atoms with Crippen molar-refractivity contribution in [2.24, 2.45) is 0 Å². The fraction of sp³-hybridized carbons (Fsp3) is 0.805. The summed E-state index contributed by atoms with van der Waals surface area (Å²) in [5.41, 5.74) is 0. The lowest BCUT2D eigenvalue weighted by atomic mass is 10.0. The van der Waals surface area contributed by atoms with E-state index in [1.165, 1.54) is 250 Å². The molecule has 0 spiro atoms. The molecule has 0 aromatic heterocycles. The molecule has 1 atom stereocenters. The first-order valence-corrected chi connectivity index (χ1v) is 36.4. The van der Waals surface area contributed by atoms with Gasteiger partial charge in [0.05, 0.1) is 0 Å². The Morgan fingerprint density at radius 2 is 0.482 bits per heavy atom. The van der Waals surface area contributed by atoms with Crippen LogP contribution in [-0.2, 0) is 28.6 Å². The maximum absolute atomic E-state index is 12.9. The minimum Gasteiger partial charge on any atom is -0.462 e. The standard InChI is InChI=1S/C77H138O6/c1-4-7-10-13-16-19-22-24-26-28-30-32-34-35-36-37-38-39-40-41-43-44-46-48-50-52-55-58-61-64-67-70-76(79)82-73-74(72-81-75(78)69-66-63-60-57-54-21-18-15-12-9-6-3)83-77(80)71-68-65-62-59-56-53-51-49-47-45-42-33-31-29-27-25-23-20-17-14-11-8-5-2/h8,11,15,17-18,20,25,27-28,30-31,33,74H,4-7,9-10,12-14,16,19,21-24,26,29,32,34-73H2,1-3H3/b11-8-,18-15-,20-17-,27-25-,30-28-,33-31-. The van der Waals surface area contributed by atoms with Crippen molar-refractivity contribution in [1.82, 2.24) is 0 Å². The summed E-state index contributed by atoms with van der Waals surface area (Å²) in [4.78, 5) is 38.4. The molecule has 1 unspecified atom stereocenters. The molecular weight excluding hydrogens is 1020 g/mol. The van der Waals surface area contributed by atoms with Gasteiger partial charge >= 0.3 is 17.9 Å². The maximum atomic E-state index is 12.9. The van der Waals surface area contributed by atoms with E-state index in [9.17, 15) is 14.4 Å². The van der Waals surface area contributed by atoms with Gasteiger partial charge in [-0.3, -0.25) is 14.4 Å². The Morgan fingerprint density at radius 1 is 0.253 bits per heavy atom. The van der Waals surface area contributed by atoms with E-state index in [-0.39, 0.29) is 31.1 Å². The van der Waals surface area contributed by atoms with Crippen LogP contribution in [0.5, 0.6) is 0 Å². The average Bonchev–Trinajstić information content (AvgIpc) is 3.48. The molecule has 0 radical (unpaired) electrons. The third-order valence-electron chi connectivity index (χ3n) is 16.2. The van der Waals surface area contributed by atoms with Crippen molar-refractivity contribution in [3.63, 3.8) is 0 Å². The molecular formula is C77H138O6. The summed E-state index contributed by atoms with van der Waals surface area (Å²) in [5, 5.41) is 0. The van der Waals surface area contributed by atoms with Crippen molar-refractivity contribution in [3.8, 4) is 0 Å². The lowest BCUT2D eigenvalue weighted by Crippen LogP contribution is -2.30. The van der Waals surface area contributed by atoms with Gasteiger partial charge in [0.2, 0.25) is 0 Å². The van der Waals surface area contributed by atoms with E-state index in [0.717, 1.165) is 89.9 Å². The molecule has 0 fully saturated rings. The topological polar surface area (TPSA) is 78.9 Å². The molecule has 0 aromatic rings. The van der Waals surface area contributed by atoms with Crippen molar-refractivity contribution < 1.29 is 28.6 Å². The van der Waals surface area contributed by atoms with E-state index < -0.39 is 6.10 Å². The van der Waals surface area contributed by atoms with Gasteiger partial charge in [0.15, 0.2) is 6.10 Å². The molecule has 0 aliphatic rings. The Balaban J connectivity index is 4.15. The minimum absolute atomic E-state index is 0.0762. The predicted molar refractivity (Wildman–Crippen MR) is 362 cm³/mol. The molecule has 6 heteroatoms. The monoisotopic (exact) mass is 1160 g/mol. The zero-order chi connectivity index (χ0) is 59.9. The van der Waals surface area contributed by atoms with Crippen LogP contribution in [0.4, 0.5) is 0 Å². The highest BCUT2D eigenvalue weighted by Gasteiger charge is 2.19. The van der Waals surface area contributed by atoms with Gasteiger partial charge in [0, 0.05) is 19.3 Å². The third-order valence-corrected chi connectivity index (χ3v) is 16.2. The number of unbranched alkanes of at least 4 members (excludes halogenated alkanes) is 44. The number of carbonyl (C=O) groups excluding carboxylic acids is 3. The first-order valence-electron chi connectivity index (χ1n) is 36.4. The van der Waals surface area contributed by atoms with Gasteiger partial charge in [0.1, 0.15) is 13.2 Å². The molecule has 0 aliphatic carbocycles. The minimum atomic E-state index is -0.781. The Kier molecular flexibility index (Phi) is 68.6. The summed E-state index contributed by atoms with van der Waals surface area (Å²) < 4.78 is 17.0. The molecule has 482 valence electrons. The normalized spacial score (nSPS) is 12.5. The van der Waals surface area contributed by atoms with Crippen molar-refractivity contribution >= 4 is 17.9 Å². The quantitative estimate of drug-likeness (QED) is 0.0261. The number of esters is 3. The Labute approximate surface area is 516 Å². The summed E-state index contributed by atoms with van der Waals surface area (Å²) in [6.07, 6.45) is 93.8. The number of carbonyl (C=O) groups is 3. The van der Waals surface area contributed by atoms with E-state index in [1.807, 2.05) is 0 Å². The van der Waals surface area contributed by atoms with Crippen LogP contribution in [0.1, 0.15) is 380 Å². The van der Waals surface area contributed by atoms with Crippen LogP contribution in [0.2, 0.25) is 0 Å². The van der Waals surface area contributed by atoms with Gasteiger partial charge in [-0.1, -0.05) is 331 Å². The summed E-state index contributed by atoms with van der Waals surface area (Å²) in [6.45, 7) is 6.53. The van der Waals surface area contributed by atoms with Crippen molar-refractivity contribution in [1.29, 1.82) is 0 Å². The van der Waals surface area contributed by atoms with Gasteiger partial charge in [-0.2, -0.15) is 0 Å². The van der Waals surface area contributed by atoms with E-state index in [0.29, 0.717) is 19.3 Å². The molecule has 6 nitrogen and oxygen atoms in total. The van der Waals surface area contributed by atoms with Crippen LogP contribution in [0.25, 0.3) is 0 Å². The van der Waals surface area contributed by atoms with Crippen molar-refractivity contribution in [2.45, 2.75) is 386 Å². The number of hydrogen-bond acceptors (Lipinski definition) is 6. The molecule has 0 aromatic carbocycles. The smallest absolute Gasteiger partial charge is 0.306 e. The molecule has 0 bridgehead atoms. The highest BCUT2D eigenvalue weighted by molar-refractivity contribution is 5.71. The van der Waals surface area contributed by atoms with Gasteiger partial charge in [0.25, 0.3) is 0 Å². The van der Waals surface area contributed by atoms with Gasteiger partial charge in [-0.05, 0) is 103 Å². The second kappa shape index (κ2) is 71.3. The van der Waals surface area contributed by atoms with Crippen LogP contribution >= 0.6 is 0 Å². The average molecular weight is 1160 g/mol. The molecule has 0 aliphatic heterocycles. The van der Waals surface area contributed by atoms with Crippen molar-refractivity contribution in [2.75, 3.05) is 13.2 Å². The molecule has 83 heavy (non-hydrogen) atoms. The number of ether oxygens (including phenoxy) is 3. The number of allylic oxidation sites excluding steroid dienone is 12. The molecule has 0 heterocycles. The lowest BCUT2D eigenvalue weighted by Gasteiger charge is -2.18.